The van der Waals surface area contributed by atoms with Gasteiger partial charge in [0.15, 0.2) is 0 Å². The quantitative estimate of drug-likeness (QED) is 0.524. The number of nitro groups is 1. The summed E-state index contributed by atoms with van der Waals surface area (Å²) in [6, 6.07) is 12.0. The Morgan fingerprint density at radius 1 is 1.28 bits per heavy atom. The predicted octanol–water partition coefficient (Wildman–Crippen LogP) is 2.82. The number of carbonyl (C=O) groups is 1. The van der Waals surface area contributed by atoms with Crippen molar-refractivity contribution in [1.82, 2.24) is 4.90 Å². The molecule has 0 spiro atoms. The van der Waals surface area contributed by atoms with Crippen molar-refractivity contribution < 1.29 is 14.5 Å². The summed E-state index contributed by atoms with van der Waals surface area (Å²) in [6.45, 7) is 1.21. The molecule has 1 heterocycles. The average molecular weight is 341 g/mol. The van der Waals surface area contributed by atoms with E-state index in [9.17, 15) is 14.9 Å². The number of likely N-dealkylation sites (tertiary alicyclic amines) is 1. The van der Waals surface area contributed by atoms with E-state index >= 15 is 0 Å². The van der Waals surface area contributed by atoms with Gasteiger partial charge in [-0.2, -0.15) is 0 Å². The Bertz CT molecular complexity index is 804. The van der Waals surface area contributed by atoms with E-state index in [2.05, 4.69) is 0 Å². The van der Waals surface area contributed by atoms with Crippen LogP contribution in [0.5, 0.6) is 5.75 Å². The minimum Gasteiger partial charge on any atom is -0.497 e. The Kier molecular flexibility index (Phi) is 4.56. The summed E-state index contributed by atoms with van der Waals surface area (Å²) in [7, 11) is 1.62. The van der Waals surface area contributed by atoms with Crippen LogP contribution in [0.3, 0.4) is 0 Å². The Morgan fingerprint density at radius 3 is 2.64 bits per heavy atom. The second kappa shape index (κ2) is 6.80. The molecule has 3 rings (SSSR count). The molecule has 130 valence electrons. The topological polar surface area (TPSA) is 98.7 Å². The Hall–Kier alpha value is -3.09. The number of anilines is 1. The highest BCUT2D eigenvalue weighted by Crippen LogP contribution is 2.30. The number of hydrogen-bond acceptors (Lipinski definition) is 5. The van der Waals surface area contributed by atoms with Crippen molar-refractivity contribution in [3.05, 3.63) is 63.7 Å². The molecule has 7 nitrogen and oxygen atoms in total. The fourth-order valence-corrected chi connectivity index (χ4v) is 3.11. The number of nitrogens with zero attached hydrogens (tertiary/aromatic N) is 2. The lowest BCUT2D eigenvalue weighted by molar-refractivity contribution is -0.383. The first-order valence-electron chi connectivity index (χ1n) is 7.96. The summed E-state index contributed by atoms with van der Waals surface area (Å²) in [5.74, 6) is 0.835. The minimum atomic E-state index is -0.573. The maximum Gasteiger partial charge on any atom is 0.292 e. The van der Waals surface area contributed by atoms with Gasteiger partial charge in [0.05, 0.1) is 12.0 Å². The molecule has 0 bridgehead atoms. The fourth-order valence-electron chi connectivity index (χ4n) is 3.11. The summed E-state index contributed by atoms with van der Waals surface area (Å²) in [4.78, 5) is 24.8. The fraction of sp³-hybridized carbons (Fsp3) is 0.278. The van der Waals surface area contributed by atoms with E-state index in [4.69, 9.17) is 10.5 Å². The number of nitro benzene ring substituents is 1. The van der Waals surface area contributed by atoms with Crippen LogP contribution in [-0.4, -0.2) is 35.9 Å². The first kappa shape index (κ1) is 16.8. The van der Waals surface area contributed by atoms with Gasteiger partial charge in [-0.25, -0.2) is 0 Å². The zero-order chi connectivity index (χ0) is 18.0. The highest BCUT2D eigenvalue weighted by atomic mass is 16.6. The van der Waals surface area contributed by atoms with Gasteiger partial charge >= 0.3 is 0 Å². The molecule has 1 saturated heterocycles. The van der Waals surface area contributed by atoms with E-state index in [-0.39, 0.29) is 28.8 Å². The number of hydrogen-bond donors (Lipinski definition) is 1. The predicted molar refractivity (Wildman–Crippen MR) is 93.8 cm³/mol. The normalized spacial score (nSPS) is 16.7. The summed E-state index contributed by atoms with van der Waals surface area (Å²) in [5, 5.41) is 11.0. The average Bonchev–Trinajstić information content (AvgIpc) is 3.11. The molecule has 25 heavy (non-hydrogen) atoms. The van der Waals surface area contributed by atoms with Crippen molar-refractivity contribution >= 4 is 17.3 Å². The van der Waals surface area contributed by atoms with Crippen LogP contribution in [0.2, 0.25) is 0 Å². The number of amides is 1. The van der Waals surface area contributed by atoms with Gasteiger partial charge in [-0.3, -0.25) is 14.9 Å². The number of nitrogens with two attached hydrogens (primary N) is 1. The summed E-state index contributed by atoms with van der Waals surface area (Å²) < 4.78 is 5.16. The van der Waals surface area contributed by atoms with E-state index in [0.717, 1.165) is 17.7 Å². The van der Waals surface area contributed by atoms with Crippen LogP contribution in [0.25, 0.3) is 0 Å². The SMILES string of the molecule is COc1ccc([C@@H]2CCN(C(=O)c3ccc(N)c([N+](=O)[O-])c3)C2)cc1. The molecule has 7 heteroatoms. The largest absolute Gasteiger partial charge is 0.497 e. The van der Waals surface area contributed by atoms with Crippen molar-refractivity contribution in [2.24, 2.45) is 0 Å². The molecule has 1 fully saturated rings. The number of benzene rings is 2. The van der Waals surface area contributed by atoms with Gasteiger partial charge in [0, 0.05) is 30.6 Å². The smallest absolute Gasteiger partial charge is 0.292 e. The molecule has 0 aromatic heterocycles. The van der Waals surface area contributed by atoms with E-state index in [1.165, 1.54) is 18.2 Å². The van der Waals surface area contributed by atoms with Crippen LogP contribution in [0.15, 0.2) is 42.5 Å². The van der Waals surface area contributed by atoms with Crippen LogP contribution in [0.4, 0.5) is 11.4 Å². The molecule has 2 N–H and O–H groups in total. The van der Waals surface area contributed by atoms with Crippen LogP contribution in [0, 0.1) is 10.1 Å². The molecule has 2 aromatic carbocycles. The molecule has 0 unspecified atom stereocenters. The second-order valence-corrected chi connectivity index (χ2v) is 6.04. The zero-order valence-electron chi connectivity index (χ0n) is 13.8. The van der Waals surface area contributed by atoms with Crippen LogP contribution >= 0.6 is 0 Å². The van der Waals surface area contributed by atoms with Crippen molar-refractivity contribution in [3.8, 4) is 5.75 Å². The van der Waals surface area contributed by atoms with Gasteiger partial charge in [-0.05, 0) is 36.2 Å². The molecule has 0 aliphatic carbocycles. The van der Waals surface area contributed by atoms with Crippen LogP contribution in [0.1, 0.15) is 28.3 Å². The highest BCUT2D eigenvalue weighted by molar-refractivity contribution is 5.95. The van der Waals surface area contributed by atoms with E-state index in [1.54, 1.807) is 12.0 Å². The maximum absolute atomic E-state index is 12.7. The summed E-state index contributed by atoms with van der Waals surface area (Å²) in [5.41, 5.74) is 6.84. The number of methoxy groups -OCH3 is 1. The molecule has 0 saturated carbocycles. The van der Waals surface area contributed by atoms with Gasteiger partial charge in [-0.1, -0.05) is 12.1 Å². The third-order valence-electron chi connectivity index (χ3n) is 4.54. The maximum atomic E-state index is 12.7. The molecular weight excluding hydrogens is 322 g/mol. The zero-order valence-corrected chi connectivity index (χ0v) is 13.8. The van der Waals surface area contributed by atoms with Crippen molar-refractivity contribution in [2.75, 3.05) is 25.9 Å². The molecular formula is C18H19N3O4. The van der Waals surface area contributed by atoms with E-state index in [0.29, 0.717) is 13.1 Å². The lowest BCUT2D eigenvalue weighted by Gasteiger charge is -2.17. The number of ether oxygens (including phenoxy) is 1. The minimum absolute atomic E-state index is 0.0547. The van der Waals surface area contributed by atoms with Crippen LogP contribution < -0.4 is 10.5 Å². The highest BCUT2D eigenvalue weighted by Gasteiger charge is 2.29. The first-order valence-corrected chi connectivity index (χ1v) is 7.96. The van der Waals surface area contributed by atoms with Crippen molar-refractivity contribution in [3.63, 3.8) is 0 Å². The lowest BCUT2D eigenvalue weighted by Crippen LogP contribution is -2.28. The molecule has 1 aliphatic rings. The Balaban J connectivity index is 1.74. The van der Waals surface area contributed by atoms with Crippen molar-refractivity contribution in [1.29, 1.82) is 0 Å². The molecule has 1 atom stereocenters. The van der Waals surface area contributed by atoms with Gasteiger partial charge < -0.3 is 15.4 Å². The molecule has 2 aromatic rings. The Labute approximate surface area is 145 Å². The lowest BCUT2D eigenvalue weighted by atomic mass is 9.98. The van der Waals surface area contributed by atoms with E-state index in [1.807, 2.05) is 24.3 Å². The third-order valence-corrected chi connectivity index (χ3v) is 4.54. The van der Waals surface area contributed by atoms with Crippen molar-refractivity contribution in [2.45, 2.75) is 12.3 Å². The third kappa shape index (κ3) is 3.40. The van der Waals surface area contributed by atoms with Gasteiger partial charge in [0.2, 0.25) is 0 Å². The standard InChI is InChI=1S/C18H19N3O4/c1-25-15-5-2-12(3-6-15)14-8-9-20(11-14)18(22)13-4-7-16(19)17(10-13)21(23)24/h2-7,10,14H,8-9,11,19H2,1H3/t14-/m1/s1. The van der Waals surface area contributed by atoms with Crippen LogP contribution in [-0.2, 0) is 0 Å². The molecule has 0 radical (unpaired) electrons. The first-order chi connectivity index (χ1) is 12.0. The number of nitrogen functional groups attached to an aromatic ring is 1. The Morgan fingerprint density at radius 2 is 2.00 bits per heavy atom. The molecule has 1 aliphatic heterocycles. The second-order valence-electron chi connectivity index (χ2n) is 6.04. The summed E-state index contributed by atoms with van der Waals surface area (Å²) in [6.07, 6.45) is 0.856. The van der Waals surface area contributed by atoms with Gasteiger partial charge in [-0.15, -0.1) is 0 Å². The number of carbonyl (C=O) groups excluding carboxylic acids is 1. The van der Waals surface area contributed by atoms with E-state index < -0.39 is 4.92 Å². The summed E-state index contributed by atoms with van der Waals surface area (Å²) >= 11 is 0. The molecule has 1 amide bonds. The van der Waals surface area contributed by atoms with Gasteiger partial charge in [0.25, 0.3) is 11.6 Å². The van der Waals surface area contributed by atoms with Gasteiger partial charge in [0.1, 0.15) is 11.4 Å². The monoisotopic (exact) mass is 341 g/mol. The number of rotatable bonds is 4.